The molecule has 1 aromatic rings. The first-order chi connectivity index (χ1) is 9.52. The first kappa shape index (κ1) is 15.5. The number of nitrogens with one attached hydrogen (secondary N) is 1. The quantitative estimate of drug-likeness (QED) is 0.874. The molecule has 1 aliphatic rings. The number of benzene rings is 1. The second kappa shape index (κ2) is 6.73. The van der Waals surface area contributed by atoms with Crippen molar-refractivity contribution in [2.75, 3.05) is 13.2 Å². The van der Waals surface area contributed by atoms with E-state index in [-0.39, 0.29) is 0 Å². The van der Waals surface area contributed by atoms with Gasteiger partial charge in [-0.1, -0.05) is 19.1 Å². The summed E-state index contributed by atoms with van der Waals surface area (Å²) in [4.78, 5) is 0. The zero-order valence-electron chi connectivity index (χ0n) is 13.6. The molecule has 0 bridgehead atoms. The third kappa shape index (κ3) is 3.42. The fraction of sp³-hybridized carbons (Fsp3) is 0.667. The Morgan fingerprint density at radius 2 is 1.90 bits per heavy atom. The van der Waals surface area contributed by atoms with Crippen molar-refractivity contribution in [3.63, 3.8) is 0 Å². The van der Waals surface area contributed by atoms with E-state index in [1.807, 2.05) is 0 Å². The van der Waals surface area contributed by atoms with Gasteiger partial charge in [0.15, 0.2) is 0 Å². The highest BCUT2D eigenvalue weighted by Crippen LogP contribution is 2.25. The third-order valence-corrected chi connectivity index (χ3v) is 4.78. The highest BCUT2D eigenvalue weighted by molar-refractivity contribution is 5.38. The van der Waals surface area contributed by atoms with Gasteiger partial charge < -0.3 is 10.1 Å². The van der Waals surface area contributed by atoms with Crippen LogP contribution in [0.4, 0.5) is 0 Å². The largest absolute Gasteiger partial charge is 0.378 e. The topological polar surface area (TPSA) is 21.3 Å². The van der Waals surface area contributed by atoms with Crippen molar-refractivity contribution in [1.29, 1.82) is 0 Å². The Bertz CT molecular complexity index is 455. The predicted octanol–water partition coefficient (Wildman–Crippen LogP) is 4.08. The maximum absolute atomic E-state index is 5.77. The van der Waals surface area contributed by atoms with Gasteiger partial charge in [-0.2, -0.15) is 0 Å². The standard InChI is InChI=1S/C18H29NO/c1-6-18-16(7-8-20-18)11-19-15(5)17-10-13(3)12(2)9-14(17)4/h9-10,15-16,18-19H,6-8,11H2,1-5H3. The minimum Gasteiger partial charge on any atom is -0.378 e. The summed E-state index contributed by atoms with van der Waals surface area (Å²) < 4.78 is 5.77. The van der Waals surface area contributed by atoms with Crippen LogP contribution in [-0.4, -0.2) is 19.3 Å². The van der Waals surface area contributed by atoms with Crippen molar-refractivity contribution >= 4 is 0 Å². The molecule has 1 N–H and O–H groups in total. The summed E-state index contributed by atoms with van der Waals surface area (Å²) in [6.45, 7) is 13.1. The summed E-state index contributed by atoms with van der Waals surface area (Å²) in [7, 11) is 0. The summed E-state index contributed by atoms with van der Waals surface area (Å²) >= 11 is 0. The molecule has 0 aliphatic carbocycles. The second-order valence-electron chi connectivity index (χ2n) is 6.29. The summed E-state index contributed by atoms with van der Waals surface area (Å²) in [5.74, 6) is 0.675. The average Bonchev–Trinajstić information content (AvgIpc) is 2.87. The zero-order valence-corrected chi connectivity index (χ0v) is 13.6. The van der Waals surface area contributed by atoms with Crippen LogP contribution in [0.15, 0.2) is 12.1 Å². The molecule has 2 rings (SSSR count). The molecule has 0 radical (unpaired) electrons. The predicted molar refractivity (Wildman–Crippen MR) is 85.2 cm³/mol. The average molecular weight is 275 g/mol. The van der Waals surface area contributed by atoms with Crippen LogP contribution in [0.1, 0.15) is 55.0 Å². The van der Waals surface area contributed by atoms with E-state index in [0.29, 0.717) is 18.1 Å². The number of hydrogen-bond donors (Lipinski definition) is 1. The van der Waals surface area contributed by atoms with E-state index in [4.69, 9.17) is 4.74 Å². The van der Waals surface area contributed by atoms with Gasteiger partial charge in [0.05, 0.1) is 6.10 Å². The first-order valence-corrected chi connectivity index (χ1v) is 7.95. The van der Waals surface area contributed by atoms with Crippen molar-refractivity contribution in [3.05, 3.63) is 34.4 Å². The minimum absolute atomic E-state index is 0.410. The minimum atomic E-state index is 0.410. The highest BCUT2D eigenvalue weighted by Gasteiger charge is 2.26. The monoisotopic (exact) mass is 275 g/mol. The molecule has 1 heterocycles. The van der Waals surface area contributed by atoms with Gasteiger partial charge in [-0.25, -0.2) is 0 Å². The lowest BCUT2D eigenvalue weighted by Crippen LogP contribution is -2.30. The van der Waals surface area contributed by atoms with Gasteiger partial charge in [-0.3, -0.25) is 0 Å². The van der Waals surface area contributed by atoms with Crippen LogP contribution in [0.5, 0.6) is 0 Å². The van der Waals surface area contributed by atoms with Crippen LogP contribution in [0.3, 0.4) is 0 Å². The lowest BCUT2D eigenvalue weighted by Gasteiger charge is -2.22. The molecular formula is C18H29NO. The Balaban J connectivity index is 1.98. The van der Waals surface area contributed by atoms with Crippen molar-refractivity contribution in [3.8, 4) is 0 Å². The number of hydrogen-bond acceptors (Lipinski definition) is 2. The van der Waals surface area contributed by atoms with Gasteiger partial charge in [0.2, 0.25) is 0 Å². The molecule has 2 heteroatoms. The SMILES string of the molecule is CCC1OCCC1CNC(C)c1cc(C)c(C)cc1C. The molecule has 0 spiro atoms. The van der Waals surface area contributed by atoms with Gasteiger partial charge in [0.25, 0.3) is 0 Å². The molecular weight excluding hydrogens is 246 g/mol. The Hall–Kier alpha value is -0.860. The zero-order chi connectivity index (χ0) is 14.7. The second-order valence-corrected chi connectivity index (χ2v) is 6.29. The summed E-state index contributed by atoms with van der Waals surface area (Å²) in [6, 6.07) is 5.05. The van der Waals surface area contributed by atoms with Crippen LogP contribution in [0.2, 0.25) is 0 Å². The number of rotatable bonds is 5. The van der Waals surface area contributed by atoms with Crippen molar-refractivity contribution in [1.82, 2.24) is 5.32 Å². The Labute approximate surface area is 123 Å². The van der Waals surface area contributed by atoms with Crippen molar-refractivity contribution in [2.45, 2.75) is 59.6 Å². The van der Waals surface area contributed by atoms with E-state index in [0.717, 1.165) is 19.6 Å². The maximum atomic E-state index is 5.77. The fourth-order valence-corrected chi connectivity index (χ4v) is 3.26. The lowest BCUT2D eigenvalue weighted by molar-refractivity contribution is 0.0867. The summed E-state index contributed by atoms with van der Waals surface area (Å²) in [6.07, 6.45) is 2.78. The number of ether oxygens (including phenoxy) is 1. The van der Waals surface area contributed by atoms with Crippen molar-refractivity contribution < 1.29 is 4.74 Å². The molecule has 3 unspecified atom stereocenters. The molecule has 112 valence electrons. The van der Waals surface area contributed by atoms with Gasteiger partial charge >= 0.3 is 0 Å². The van der Waals surface area contributed by atoms with E-state index in [1.165, 1.54) is 28.7 Å². The first-order valence-electron chi connectivity index (χ1n) is 7.95. The van der Waals surface area contributed by atoms with Gasteiger partial charge in [-0.15, -0.1) is 0 Å². The molecule has 20 heavy (non-hydrogen) atoms. The number of aryl methyl sites for hydroxylation is 3. The Morgan fingerprint density at radius 1 is 1.20 bits per heavy atom. The smallest absolute Gasteiger partial charge is 0.0613 e. The van der Waals surface area contributed by atoms with E-state index in [1.54, 1.807) is 0 Å². The molecule has 0 aromatic heterocycles. The van der Waals surface area contributed by atoms with Crippen LogP contribution in [0, 0.1) is 26.7 Å². The molecule has 0 saturated carbocycles. The fourth-order valence-electron chi connectivity index (χ4n) is 3.26. The van der Waals surface area contributed by atoms with Crippen LogP contribution in [-0.2, 0) is 4.74 Å². The Morgan fingerprint density at radius 3 is 2.60 bits per heavy atom. The normalized spacial score (nSPS) is 24.1. The van der Waals surface area contributed by atoms with Crippen LogP contribution in [0.25, 0.3) is 0 Å². The molecule has 3 atom stereocenters. The maximum Gasteiger partial charge on any atom is 0.0613 e. The summed E-state index contributed by atoms with van der Waals surface area (Å²) in [5, 5.41) is 3.71. The molecule has 1 aromatic carbocycles. The summed E-state index contributed by atoms with van der Waals surface area (Å²) in [5.41, 5.74) is 5.59. The van der Waals surface area contributed by atoms with Gasteiger partial charge in [0, 0.05) is 19.2 Å². The molecule has 0 amide bonds. The van der Waals surface area contributed by atoms with E-state index < -0.39 is 0 Å². The van der Waals surface area contributed by atoms with E-state index in [2.05, 4.69) is 52.1 Å². The molecule has 2 nitrogen and oxygen atoms in total. The van der Waals surface area contributed by atoms with E-state index >= 15 is 0 Å². The molecule has 1 aliphatic heterocycles. The van der Waals surface area contributed by atoms with Crippen molar-refractivity contribution in [2.24, 2.45) is 5.92 Å². The third-order valence-electron chi connectivity index (χ3n) is 4.78. The van der Waals surface area contributed by atoms with Gasteiger partial charge in [-0.05, 0) is 68.7 Å². The van der Waals surface area contributed by atoms with Crippen LogP contribution < -0.4 is 5.32 Å². The Kier molecular flexibility index (Phi) is 5.22. The highest BCUT2D eigenvalue weighted by atomic mass is 16.5. The van der Waals surface area contributed by atoms with Gasteiger partial charge in [0.1, 0.15) is 0 Å². The lowest BCUT2D eigenvalue weighted by atomic mass is 9.95. The molecule has 1 saturated heterocycles. The molecule has 1 fully saturated rings. The van der Waals surface area contributed by atoms with Crippen LogP contribution >= 0.6 is 0 Å². The van der Waals surface area contributed by atoms with E-state index in [9.17, 15) is 0 Å².